The second kappa shape index (κ2) is 5.69. The van der Waals surface area contributed by atoms with Crippen LogP contribution in [0.1, 0.15) is 17.0 Å². The number of fused-ring (bicyclic) bond motifs is 1. The Kier molecular flexibility index (Phi) is 3.85. The fourth-order valence-electron chi connectivity index (χ4n) is 2.26. The molecule has 120 valence electrons. The first-order valence-electron chi connectivity index (χ1n) is 6.63. The highest BCUT2D eigenvalue weighted by atomic mass is 32.1. The Labute approximate surface area is 132 Å². The van der Waals surface area contributed by atoms with Gasteiger partial charge in [-0.05, 0) is 35.6 Å². The van der Waals surface area contributed by atoms with Gasteiger partial charge in [-0.1, -0.05) is 12.1 Å². The third-order valence-electron chi connectivity index (χ3n) is 3.18. The molecule has 0 radical (unpaired) electrons. The van der Waals surface area contributed by atoms with E-state index in [2.05, 4.69) is 14.7 Å². The molecular formula is C15H11F3N2O2S. The molecule has 0 unspecified atom stereocenters. The Balaban J connectivity index is 1.90. The highest BCUT2D eigenvalue weighted by Gasteiger charge is 2.31. The summed E-state index contributed by atoms with van der Waals surface area (Å²) < 4.78 is 40.6. The number of nitrogens with zero attached hydrogens (tertiary/aromatic N) is 1. The molecule has 0 fully saturated rings. The molecule has 2 heterocycles. The van der Waals surface area contributed by atoms with Crippen LogP contribution in [0.4, 0.5) is 13.2 Å². The molecular weight excluding hydrogens is 329 g/mol. The van der Waals surface area contributed by atoms with E-state index in [9.17, 15) is 18.0 Å². The lowest BCUT2D eigenvalue weighted by Gasteiger charge is -2.09. The largest absolute Gasteiger partial charge is 0.573 e. The zero-order valence-corrected chi connectivity index (χ0v) is 12.7. The molecule has 3 aromatic rings. The highest BCUT2D eigenvalue weighted by Crippen LogP contribution is 2.24. The van der Waals surface area contributed by atoms with Gasteiger partial charge >= 0.3 is 6.36 Å². The predicted molar refractivity (Wildman–Crippen MR) is 80.9 cm³/mol. The minimum absolute atomic E-state index is 0.206. The first-order chi connectivity index (χ1) is 10.8. The average molecular weight is 340 g/mol. The van der Waals surface area contributed by atoms with Crippen LogP contribution in [0, 0.1) is 6.92 Å². The summed E-state index contributed by atoms with van der Waals surface area (Å²) in [5.74, 6) is 0.0962. The maximum absolute atomic E-state index is 12.2. The SMILES string of the molecule is Cc1csc2nc(Cc3cccc(OC(F)(F)F)c3)[nH]c(=O)c12. The molecule has 8 heteroatoms. The van der Waals surface area contributed by atoms with Gasteiger partial charge in [0, 0.05) is 6.42 Å². The van der Waals surface area contributed by atoms with Gasteiger partial charge in [-0.25, -0.2) is 4.98 Å². The Morgan fingerprint density at radius 2 is 2.13 bits per heavy atom. The molecule has 0 aliphatic carbocycles. The number of hydrogen-bond acceptors (Lipinski definition) is 4. The monoisotopic (exact) mass is 340 g/mol. The maximum atomic E-state index is 12.2. The summed E-state index contributed by atoms with van der Waals surface area (Å²) in [7, 11) is 0. The van der Waals surface area contributed by atoms with E-state index in [-0.39, 0.29) is 17.7 Å². The number of thiophene rings is 1. The number of alkyl halides is 3. The Hall–Kier alpha value is -2.35. The zero-order chi connectivity index (χ0) is 16.6. The number of benzene rings is 1. The highest BCUT2D eigenvalue weighted by molar-refractivity contribution is 7.16. The molecule has 0 atom stereocenters. The van der Waals surface area contributed by atoms with Gasteiger partial charge in [0.2, 0.25) is 0 Å². The van der Waals surface area contributed by atoms with Crippen molar-refractivity contribution in [3.8, 4) is 5.75 Å². The topological polar surface area (TPSA) is 55.0 Å². The van der Waals surface area contributed by atoms with E-state index in [1.807, 2.05) is 12.3 Å². The van der Waals surface area contributed by atoms with Crippen LogP contribution in [-0.4, -0.2) is 16.3 Å². The van der Waals surface area contributed by atoms with Gasteiger partial charge < -0.3 is 9.72 Å². The van der Waals surface area contributed by atoms with E-state index >= 15 is 0 Å². The summed E-state index contributed by atoms with van der Waals surface area (Å²) in [5.41, 5.74) is 1.17. The van der Waals surface area contributed by atoms with E-state index in [1.54, 1.807) is 6.07 Å². The number of aromatic amines is 1. The van der Waals surface area contributed by atoms with Crippen molar-refractivity contribution in [2.45, 2.75) is 19.7 Å². The van der Waals surface area contributed by atoms with Gasteiger partial charge in [0.25, 0.3) is 5.56 Å². The molecule has 4 nitrogen and oxygen atoms in total. The Bertz CT molecular complexity index is 915. The molecule has 1 N–H and O–H groups in total. The standard InChI is InChI=1S/C15H11F3N2O2S/c1-8-7-23-14-12(8)13(21)19-11(20-14)6-9-3-2-4-10(5-9)22-15(16,17)18/h2-5,7H,6H2,1H3,(H,19,20,21). The third-order valence-corrected chi connectivity index (χ3v) is 4.17. The Morgan fingerprint density at radius 1 is 1.35 bits per heavy atom. The van der Waals surface area contributed by atoms with Crippen LogP contribution in [-0.2, 0) is 6.42 Å². The number of H-pyrrole nitrogens is 1. The zero-order valence-electron chi connectivity index (χ0n) is 11.9. The van der Waals surface area contributed by atoms with Crippen molar-refractivity contribution in [3.05, 3.63) is 57.0 Å². The second-order valence-electron chi connectivity index (χ2n) is 4.98. The molecule has 1 aromatic carbocycles. The molecule has 0 saturated carbocycles. The number of aryl methyl sites for hydroxylation is 1. The summed E-state index contributed by atoms with van der Waals surface area (Å²) in [5, 5.41) is 2.39. The van der Waals surface area contributed by atoms with Crippen molar-refractivity contribution in [3.63, 3.8) is 0 Å². The average Bonchev–Trinajstić information content (AvgIpc) is 2.79. The molecule has 0 aliphatic rings. The molecule has 0 saturated heterocycles. The predicted octanol–water partition coefficient (Wildman–Crippen LogP) is 3.78. The minimum atomic E-state index is -4.74. The fraction of sp³-hybridized carbons (Fsp3) is 0.200. The van der Waals surface area contributed by atoms with Gasteiger partial charge in [-0.15, -0.1) is 24.5 Å². The summed E-state index contributed by atoms with van der Waals surface area (Å²) in [4.78, 5) is 19.7. The first-order valence-corrected chi connectivity index (χ1v) is 7.51. The summed E-state index contributed by atoms with van der Waals surface area (Å²) >= 11 is 1.36. The number of ether oxygens (including phenoxy) is 1. The smallest absolute Gasteiger partial charge is 0.406 e. The van der Waals surface area contributed by atoms with Gasteiger partial charge in [-0.3, -0.25) is 4.79 Å². The number of halogens is 3. The van der Waals surface area contributed by atoms with E-state index in [0.717, 1.165) is 5.56 Å². The van der Waals surface area contributed by atoms with E-state index < -0.39 is 6.36 Å². The molecule has 3 rings (SSSR count). The van der Waals surface area contributed by atoms with Crippen LogP contribution < -0.4 is 10.3 Å². The van der Waals surface area contributed by atoms with Crippen LogP contribution in [0.25, 0.3) is 10.2 Å². The van der Waals surface area contributed by atoms with Gasteiger partial charge in [-0.2, -0.15) is 0 Å². The van der Waals surface area contributed by atoms with Crippen molar-refractivity contribution in [1.82, 2.24) is 9.97 Å². The van der Waals surface area contributed by atoms with Crippen molar-refractivity contribution in [2.24, 2.45) is 0 Å². The quantitative estimate of drug-likeness (QED) is 0.789. The van der Waals surface area contributed by atoms with Crippen molar-refractivity contribution in [2.75, 3.05) is 0 Å². The van der Waals surface area contributed by atoms with Gasteiger partial charge in [0.15, 0.2) is 0 Å². The summed E-state index contributed by atoms with van der Waals surface area (Å²) in [6.45, 7) is 1.83. The number of nitrogens with one attached hydrogen (secondary N) is 1. The summed E-state index contributed by atoms with van der Waals surface area (Å²) in [6, 6.07) is 5.60. The second-order valence-corrected chi connectivity index (χ2v) is 5.84. The molecule has 2 aromatic heterocycles. The number of aromatic nitrogens is 2. The fourth-order valence-corrected chi connectivity index (χ4v) is 3.20. The van der Waals surface area contributed by atoms with Crippen LogP contribution in [0.3, 0.4) is 0 Å². The van der Waals surface area contributed by atoms with Gasteiger partial charge in [0.05, 0.1) is 5.39 Å². The number of hydrogen-bond donors (Lipinski definition) is 1. The van der Waals surface area contributed by atoms with Crippen LogP contribution in [0.15, 0.2) is 34.4 Å². The first kappa shape index (κ1) is 15.5. The normalized spacial score (nSPS) is 11.8. The summed E-state index contributed by atoms with van der Waals surface area (Å²) in [6.07, 6.45) is -4.53. The lowest BCUT2D eigenvalue weighted by molar-refractivity contribution is -0.274. The maximum Gasteiger partial charge on any atom is 0.573 e. The lowest BCUT2D eigenvalue weighted by Crippen LogP contribution is -2.17. The van der Waals surface area contributed by atoms with Crippen molar-refractivity contribution >= 4 is 21.6 Å². The molecule has 0 spiro atoms. The van der Waals surface area contributed by atoms with Crippen molar-refractivity contribution < 1.29 is 17.9 Å². The van der Waals surface area contributed by atoms with Crippen LogP contribution >= 0.6 is 11.3 Å². The van der Waals surface area contributed by atoms with Crippen LogP contribution in [0.2, 0.25) is 0 Å². The van der Waals surface area contributed by atoms with E-state index in [1.165, 1.54) is 29.5 Å². The molecule has 0 aliphatic heterocycles. The molecule has 23 heavy (non-hydrogen) atoms. The Morgan fingerprint density at radius 3 is 2.87 bits per heavy atom. The van der Waals surface area contributed by atoms with Crippen LogP contribution in [0.5, 0.6) is 5.75 Å². The van der Waals surface area contributed by atoms with Gasteiger partial charge in [0.1, 0.15) is 16.4 Å². The minimum Gasteiger partial charge on any atom is -0.406 e. The number of rotatable bonds is 3. The molecule has 0 bridgehead atoms. The molecule has 0 amide bonds. The lowest BCUT2D eigenvalue weighted by atomic mass is 10.1. The van der Waals surface area contributed by atoms with Crippen molar-refractivity contribution in [1.29, 1.82) is 0 Å². The third kappa shape index (κ3) is 3.53. The van der Waals surface area contributed by atoms with E-state index in [4.69, 9.17) is 0 Å². The van der Waals surface area contributed by atoms with E-state index in [0.29, 0.717) is 21.6 Å².